The zero-order chi connectivity index (χ0) is 15.8. The number of benzene rings is 1. The van der Waals surface area contributed by atoms with Crippen LogP contribution < -0.4 is 0 Å². The van der Waals surface area contributed by atoms with Gasteiger partial charge in [-0.15, -0.1) is 0 Å². The Morgan fingerprint density at radius 1 is 1.29 bits per heavy atom. The van der Waals surface area contributed by atoms with Gasteiger partial charge in [-0.2, -0.15) is 13.2 Å². The maximum atomic E-state index is 13.3. The molecule has 1 N–H and O–H groups in total. The van der Waals surface area contributed by atoms with E-state index in [2.05, 4.69) is 9.97 Å². The lowest BCUT2D eigenvalue weighted by molar-refractivity contribution is -0.139. The van der Waals surface area contributed by atoms with Crippen LogP contribution in [0.2, 0.25) is 0 Å². The van der Waals surface area contributed by atoms with Crippen LogP contribution in [0.15, 0.2) is 18.2 Å². The van der Waals surface area contributed by atoms with Gasteiger partial charge in [0.1, 0.15) is 16.3 Å². The van der Waals surface area contributed by atoms with Crippen LogP contribution in [0.25, 0.3) is 11.3 Å². The molecule has 0 aliphatic carbocycles. The molecule has 112 valence electrons. The Hall–Kier alpha value is -1.76. The summed E-state index contributed by atoms with van der Waals surface area (Å²) in [6.45, 7) is 3.51. The Morgan fingerprint density at radius 3 is 2.52 bits per heavy atom. The third kappa shape index (κ3) is 3.12. The molecule has 21 heavy (non-hydrogen) atoms. The molecular formula is C14H12F4N2S. The number of aryl methyl sites for hydroxylation is 1. The van der Waals surface area contributed by atoms with Gasteiger partial charge < -0.3 is 4.98 Å². The predicted molar refractivity (Wildman–Crippen MR) is 73.9 cm³/mol. The molecule has 0 saturated heterocycles. The van der Waals surface area contributed by atoms with E-state index in [1.807, 2.05) is 6.92 Å². The maximum Gasteiger partial charge on any atom is 0.419 e. The summed E-state index contributed by atoms with van der Waals surface area (Å²) in [6.07, 6.45) is -4.18. The number of rotatable bonds is 2. The molecule has 1 aromatic carbocycles. The molecule has 0 radical (unpaired) electrons. The fraction of sp³-hybridized carbons (Fsp3) is 0.286. The molecule has 0 unspecified atom stereocenters. The number of aromatic nitrogens is 2. The van der Waals surface area contributed by atoms with E-state index < -0.39 is 17.6 Å². The molecule has 2 rings (SSSR count). The van der Waals surface area contributed by atoms with Crippen LogP contribution in [-0.4, -0.2) is 9.97 Å². The molecule has 0 amide bonds. The topological polar surface area (TPSA) is 28.7 Å². The van der Waals surface area contributed by atoms with Crippen LogP contribution in [0.4, 0.5) is 17.6 Å². The van der Waals surface area contributed by atoms with Crippen molar-refractivity contribution in [2.45, 2.75) is 26.4 Å². The zero-order valence-electron chi connectivity index (χ0n) is 11.3. The molecule has 0 atom stereocenters. The molecule has 2 nitrogen and oxygen atoms in total. The first-order valence-corrected chi connectivity index (χ1v) is 6.61. The van der Waals surface area contributed by atoms with Crippen LogP contribution >= 0.6 is 12.2 Å². The number of hydrogen-bond acceptors (Lipinski definition) is 2. The Morgan fingerprint density at radius 2 is 1.95 bits per heavy atom. The first-order chi connectivity index (χ1) is 9.74. The second-order valence-corrected chi connectivity index (χ2v) is 4.92. The summed E-state index contributed by atoms with van der Waals surface area (Å²) in [4.78, 5) is 7.08. The molecule has 2 aromatic rings. The van der Waals surface area contributed by atoms with E-state index in [9.17, 15) is 17.6 Å². The van der Waals surface area contributed by atoms with Crippen molar-refractivity contribution in [3.05, 3.63) is 45.6 Å². The van der Waals surface area contributed by atoms with E-state index in [-0.39, 0.29) is 5.56 Å². The Kier molecular flexibility index (Phi) is 4.13. The molecule has 7 heteroatoms. The van der Waals surface area contributed by atoms with Gasteiger partial charge >= 0.3 is 6.18 Å². The second kappa shape index (κ2) is 5.55. The lowest BCUT2D eigenvalue weighted by Crippen LogP contribution is -2.08. The molecule has 0 aliphatic rings. The molecule has 0 saturated carbocycles. The van der Waals surface area contributed by atoms with Crippen molar-refractivity contribution in [2.24, 2.45) is 0 Å². The van der Waals surface area contributed by atoms with Gasteiger partial charge in [0.15, 0.2) is 0 Å². The summed E-state index contributed by atoms with van der Waals surface area (Å²) in [7, 11) is 0. The molecule has 1 heterocycles. The van der Waals surface area contributed by atoms with Crippen LogP contribution in [0.1, 0.15) is 23.9 Å². The molecule has 0 fully saturated rings. The van der Waals surface area contributed by atoms with Crippen molar-refractivity contribution >= 4 is 12.2 Å². The van der Waals surface area contributed by atoms with Crippen LogP contribution in [-0.2, 0) is 12.6 Å². The number of halogens is 4. The van der Waals surface area contributed by atoms with E-state index in [0.29, 0.717) is 28.1 Å². The van der Waals surface area contributed by atoms with E-state index >= 15 is 0 Å². The number of nitrogens with zero attached hydrogens (tertiary/aromatic N) is 1. The summed E-state index contributed by atoms with van der Waals surface area (Å²) in [5.74, 6) is -0.731. The van der Waals surface area contributed by atoms with Gasteiger partial charge in [0.2, 0.25) is 0 Å². The van der Waals surface area contributed by atoms with Crippen LogP contribution in [0.5, 0.6) is 0 Å². The number of nitrogens with one attached hydrogen (secondary N) is 1. The number of alkyl halides is 3. The van der Waals surface area contributed by atoms with E-state index in [4.69, 9.17) is 12.2 Å². The first-order valence-electron chi connectivity index (χ1n) is 6.21. The minimum Gasteiger partial charge on any atom is -0.343 e. The highest BCUT2D eigenvalue weighted by Crippen LogP contribution is 2.34. The standard InChI is InChI=1S/C14H12F4N2S/c1-3-11-19-12(7(2)13(21)20-11)8-4-5-10(15)9(6-8)14(16,17)18/h4-6H,3H2,1-2H3,(H,19,20,21). The van der Waals surface area contributed by atoms with Crippen LogP contribution in [0, 0.1) is 17.4 Å². The largest absolute Gasteiger partial charge is 0.419 e. The average Bonchev–Trinajstić information content (AvgIpc) is 2.41. The molecular weight excluding hydrogens is 304 g/mol. The van der Waals surface area contributed by atoms with E-state index in [1.165, 1.54) is 6.07 Å². The maximum absolute atomic E-state index is 13.3. The monoisotopic (exact) mass is 316 g/mol. The highest BCUT2D eigenvalue weighted by atomic mass is 32.1. The summed E-state index contributed by atoms with van der Waals surface area (Å²) < 4.78 is 52.0. The number of H-pyrrole nitrogens is 1. The van der Waals surface area contributed by atoms with E-state index in [1.54, 1.807) is 6.92 Å². The van der Waals surface area contributed by atoms with Gasteiger partial charge in [-0.05, 0) is 30.7 Å². The van der Waals surface area contributed by atoms with Crippen molar-refractivity contribution in [3.8, 4) is 11.3 Å². The number of aromatic amines is 1. The summed E-state index contributed by atoms with van der Waals surface area (Å²) in [5.41, 5.74) is -0.0858. The first kappa shape index (κ1) is 15.6. The van der Waals surface area contributed by atoms with Crippen molar-refractivity contribution in [3.63, 3.8) is 0 Å². The third-order valence-electron chi connectivity index (χ3n) is 3.10. The van der Waals surface area contributed by atoms with Gasteiger partial charge in [-0.25, -0.2) is 9.37 Å². The summed E-state index contributed by atoms with van der Waals surface area (Å²) >= 11 is 5.10. The highest BCUT2D eigenvalue weighted by Gasteiger charge is 2.34. The fourth-order valence-corrected chi connectivity index (χ4v) is 2.15. The minimum atomic E-state index is -4.74. The van der Waals surface area contributed by atoms with Gasteiger partial charge in [0.05, 0.1) is 11.3 Å². The highest BCUT2D eigenvalue weighted by molar-refractivity contribution is 7.71. The summed E-state index contributed by atoms with van der Waals surface area (Å²) in [5, 5.41) is 0. The average molecular weight is 316 g/mol. The molecule has 0 spiro atoms. The van der Waals surface area contributed by atoms with Gasteiger partial charge in [-0.3, -0.25) is 0 Å². The van der Waals surface area contributed by atoms with Gasteiger partial charge in [-0.1, -0.05) is 19.1 Å². The lowest BCUT2D eigenvalue weighted by Gasteiger charge is -2.12. The van der Waals surface area contributed by atoms with Crippen molar-refractivity contribution in [1.29, 1.82) is 0 Å². The van der Waals surface area contributed by atoms with Crippen LogP contribution in [0.3, 0.4) is 0 Å². The second-order valence-electron chi connectivity index (χ2n) is 4.53. The SMILES string of the molecule is CCc1nc(=S)c(C)c(-c2ccc(F)c(C(F)(F)F)c2)[nH]1. The fourth-order valence-electron chi connectivity index (χ4n) is 1.93. The Labute approximate surface area is 123 Å². The van der Waals surface area contributed by atoms with Gasteiger partial charge in [0.25, 0.3) is 0 Å². The smallest absolute Gasteiger partial charge is 0.343 e. The zero-order valence-corrected chi connectivity index (χ0v) is 12.1. The summed E-state index contributed by atoms with van der Waals surface area (Å²) in [6, 6.07) is 2.88. The normalized spacial score (nSPS) is 11.7. The lowest BCUT2D eigenvalue weighted by atomic mass is 10.0. The van der Waals surface area contributed by atoms with Gasteiger partial charge in [0, 0.05) is 12.0 Å². The quantitative estimate of drug-likeness (QED) is 0.635. The minimum absolute atomic E-state index is 0.226. The molecule has 1 aromatic heterocycles. The predicted octanol–water partition coefficient (Wildman–Crippen LogP) is 4.83. The molecule has 0 aliphatic heterocycles. The van der Waals surface area contributed by atoms with Crippen molar-refractivity contribution in [1.82, 2.24) is 9.97 Å². The number of hydrogen-bond donors (Lipinski definition) is 1. The van der Waals surface area contributed by atoms with Crippen molar-refractivity contribution in [2.75, 3.05) is 0 Å². The Balaban J connectivity index is 2.68. The Bertz CT molecular complexity index is 735. The van der Waals surface area contributed by atoms with E-state index in [0.717, 1.165) is 12.1 Å². The molecule has 0 bridgehead atoms. The third-order valence-corrected chi connectivity index (χ3v) is 3.49. The van der Waals surface area contributed by atoms with Crippen molar-refractivity contribution < 1.29 is 17.6 Å².